The van der Waals surface area contributed by atoms with Crippen molar-refractivity contribution in [3.8, 4) is 0 Å². The van der Waals surface area contributed by atoms with Crippen LogP contribution < -0.4 is 5.73 Å². The summed E-state index contributed by atoms with van der Waals surface area (Å²) in [6.07, 6.45) is 1.40. The Kier molecular flexibility index (Phi) is 5.38. The molecule has 6 nitrogen and oxygen atoms in total. The lowest BCUT2D eigenvalue weighted by molar-refractivity contribution is 0.471. The largest absolute Gasteiger partial charge is 0.326 e. The van der Waals surface area contributed by atoms with Crippen molar-refractivity contribution >= 4 is 32.3 Å². The SMILES string of the molecule is CS(=O)(=O)c1ccc(S(=O)(=O)N2CC[C@@H](N)C2)cc1F.Cl. The van der Waals surface area contributed by atoms with E-state index in [1.165, 1.54) is 4.31 Å². The fourth-order valence-corrected chi connectivity index (χ4v) is 4.32. The van der Waals surface area contributed by atoms with E-state index in [0.717, 1.165) is 24.5 Å². The van der Waals surface area contributed by atoms with Crippen molar-refractivity contribution in [3.05, 3.63) is 24.0 Å². The van der Waals surface area contributed by atoms with Gasteiger partial charge in [0.2, 0.25) is 10.0 Å². The summed E-state index contributed by atoms with van der Waals surface area (Å²) in [5.41, 5.74) is 5.65. The van der Waals surface area contributed by atoms with Gasteiger partial charge in [-0.25, -0.2) is 21.2 Å². The molecule has 1 aromatic carbocycles. The minimum absolute atomic E-state index is 0. The summed E-state index contributed by atoms with van der Waals surface area (Å²) in [5, 5.41) is 0. The van der Waals surface area contributed by atoms with Crippen LogP contribution in [0.5, 0.6) is 0 Å². The topological polar surface area (TPSA) is 97.5 Å². The van der Waals surface area contributed by atoms with Crippen molar-refractivity contribution in [2.75, 3.05) is 19.3 Å². The first kappa shape index (κ1) is 18.3. The molecule has 1 aromatic rings. The number of sulfone groups is 1. The number of rotatable bonds is 3. The van der Waals surface area contributed by atoms with Crippen molar-refractivity contribution in [3.63, 3.8) is 0 Å². The molecular weight excluding hydrogens is 343 g/mol. The zero-order valence-corrected chi connectivity index (χ0v) is 13.6. The highest BCUT2D eigenvalue weighted by molar-refractivity contribution is 7.90. The van der Waals surface area contributed by atoms with Crippen LogP contribution >= 0.6 is 12.4 Å². The van der Waals surface area contributed by atoms with Gasteiger partial charge in [-0.05, 0) is 24.6 Å². The molecule has 21 heavy (non-hydrogen) atoms. The third-order valence-electron chi connectivity index (χ3n) is 3.13. The van der Waals surface area contributed by atoms with Gasteiger partial charge in [-0.1, -0.05) is 0 Å². The molecule has 2 N–H and O–H groups in total. The van der Waals surface area contributed by atoms with Crippen molar-refractivity contribution in [2.24, 2.45) is 5.73 Å². The Morgan fingerprint density at radius 2 is 1.90 bits per heavy atom. The van der Waals surface area contributed by atoms with Crippen molar-refractivity contribution in [1.82, 2.24) is 4.31 Å². The van der Waals surface area contributed by atoms with Crippen molar-refractivity contribution < 1.29 is 21.2 Å². The highest BCUT2D eigenvalue weighted by Crippen LogP contribution is 2.24. The number of hydrogen-bond acceptors (Lipinski definition) is 5. The van der Waals surface area contributed by atoms with Crippen LogP contribution in [0.3, 0.4) is 0 Å². The molecule has 0 aromatic heterocycles. The predicted molar refractivity (Wildman–Crippen MR) is 78.1 cm³/mol. The van der Waals surface area contributed by atoms with Crippen LogP contribution in [0.25, 0.3) is 0 Å². The lowest BCUT2D eigenvalue weighted by Crippen LogP contribution is -2.32. The summed E-state index contributed by atoms with van der Waals surface area (Å²) in [5.74, 6) is -1.07. The lowest BCUT2D eigenvalue weighted by atomic mass is 10.3. The van der Waals surface area contributed by atoms with Gasteiger partial charge in [0, 0.05) is 25.4 Å². The molecule has 0 spiro atoms. The molecule has 1 aliphatic rings. The summed E-state index contributed by atoms with van der Waals surface area (Å²) in [6, 6.07) is 2.56. The summed E-state index contributed by atoms with van der Waals surface area (Å²) >= 11 is 0. The van der Waals surface area contributed by atoms with Gasteiger partial charge in [-0.3, -0.25) is 0 Å². The second-order valence-corrected chi connectivity index (χ2v) is 8.70. The summed E-state index contributed by atoms with van der Waals surface area (Å²) in [6.45, 7) is 0.455. The minimum atomic E-state index is -3.84. The summed E-state index contributed by atoms with van der Waals surface area (Å²) in [4.78, 5) is -0.786. The van der Waals surface area contributed by atoms with Crippen LogP contribution in [0.4, 0.5) is 4.39 Å². The highest BCUT2D eigenvalue weighted by atomic mass is 35.5. The van der Waals surface area contributed by atoms with Gasteiger partial charge in [0.15, 0.2) is 9.84 Å². The van der Waals surface area contributed by atoms with Gasteiger partial charge in [0.05, 0.1) is 4.90 Å². The molecule has 0 bridgehead atoms. The number of nitrogens with two attached hydrogens (primary N) is 1. The first-order chi connectivity index (χ1) is 9.12. The maximum atomic E-state index is 13.8. The Morgan fingerprint density at radius 1 is 1.29 bits per heavy atom. The third kappa shape index (κ3) is 3.72. The number of hydrogen-bond donors (Lipinski definition) is 1. The van der Waals surface area contributed by atoms with Gasteiger partial charge in [-0.2, -0.15) is 4.31 Å². The number of benzene rings is 1. The molecule has 1 aliphatic heterocycles. The number of nitrogens with zero attached hydrogens (tertiary/aromatic N) is 1. The second-order valence-electron chi connectivity index (χ2n) is 4.78. The molecular formula is C11H16ClFN2O4S2. The summed E-state index contributed by atoms with van der Waals surface area (Å²) < 4.78 is 62.0. The molecule has 1 fully saturated rings. The van der Waals surface area contributed by atoms with Gasteiger partial charge in [-0.15, -0.1) is 12.4 Å². The van der Waals surface area contributed by atoms with Crippen LogP contribution in [0.1, 0.15) is 6.42 Å². The van der Waals surface area contributed by atoms with Crippen molar-refractivity contribution in [2.45, 2.75) is 22.3 Å². The Morgan fingerprint density at radius 3 is 2.33 bits per heavy atom. The fourth-order valence-electron chi connectivity index (χ4n) is 2.06. The van der Waals surface area contributed by atoms with E-state index in [-0.39, 0.29) is 36.4 Å². The molecule has 10 heteroatoms. The van der Waals surface area contributed by atoms with E-state index in [2.05, 4.69) is 0 Å². The monoisotopic (exact) mass is 358 g/mol. The molecule has 1 heterocycles. The third-order valence-corrected chi connectivity index (χ3v) is 6.12. The van der Waals surface area contributed by atoms with Crippen molar-refractivity contribution in [1.29, 1.82) is 0 Å². The highest BCUT2D eigenvalue weighted by Gasteiger charge is 2.31. The van der Waals surface area contributed by atoms with E-state index >= 15 is 0 Å². The van der Waals surface area contributed by atoms with E-state index in [1.54, 1.807) is 0 Å². The van der Waals surface area contributed by atoms with Gasteiger partial charge >= 0.3 is 0 Å². The first-order valence-electron chi connectivity index (χ1n) is 5.88. The Hall–Kier alpha value is -0.740. The van der Waals surface area contributed by atoms with Crippen LogP contribution in [0.15, 0.2) is 28.0 Å². The molecule has 1 saturated heterocycles. The van der Waals surface area contributed by atoms with Gasteiger partial charge in [0.25, 0.3) is 0 Å². The van der Waals surface area contributed by atoms with Crippen LogP contribution in [-0.2, 0) is 19.9 Å². The first-order valence-corrected chi connectivity index (χ1v) is 9.21. The van der Waals surface area contributed by atoms with Gasteiger partial charge in [0.1, 0.15) is 10.7 Å². The molecule has 0 unspecified atom stereocenters. The molecule has 0 saturated carbocycles. The summed E-state index contributed by atoms with van der Waals surface area (Å²) in [7, 11) is -7.56. The molecule has 0 amide bonds. The van der Waals surface area contributed by atoms with E-state index < -0.39 is 30.6 Å². The maximum Gasteiger partial charge on any atom is 0.243 e. The van der Waals surface area contributed by atoms with Crippen LogP contribution in [0, 0.1) is 5.82 Å². The minimum Gasteiger partial charge on any atom is -0.326 e. The quantitative estimate of drug-likeness (QED) is 0.842. The molecule has 2 rings (SSSR count). The van der Waals surface area contributed by atoms with E-state index in [9.17, 15) is 21.2 Å². The molecule has 0 aliphatic carbocycles. The van der Waals surface area contributed by atoms with Crippen LogP contribution in [-0.4, -0.2) is 46.5 Å². The average Bonchev–Trinajstić information content (AvgIpc) is 2.74. The van der Waals surface area contributed by atoms with E-state index in [0.29, 0.717) is 6.42 Å². The normalized spacial score (nSPS) is 20.2. The lowest BCUT2D eigenvalue weighted by Gasteiger charge is -2.16. The smallest absolute Gasteiger partial charge is 0.243 e. The van der Waals surface area contributed by atoms with E-state index in [4.69, 9.17) is 5.73 Å². The standard InChI is InChI=1S/C11H15FN2O4S2.ClH/c1-19(15,16)11-3-2-9(6-10(11)12)20(17,18)14-5-4-8(13)7-14;/h2-3,6,8H,4-5,7,13H2,1H3;1H/t8-;/m1./s1. The molecule has 1 atom stereocenters. The fraction of sp³-hybridized carbons (Fsp3) is 0.455. The average molecular weight is 359 g/mol. The Labute approximate surface area is 129 Å². The number of sulfonamides is 1. The number of halogens is 2. The predicted octanol–water partition coefficient (Wildman–Crippen LogP) is 0.373. The zero-order valence-electron chi connectivity index (χ0n) is 11.2. The molecule has 0 radical (unpaired) electrons. The second kappa shape index (κ2) is 6.17. The van der Waals surface area contributed by atoms with E-state index in [1.807, 2.05) is 0 Å². The Balaban J connectivity index is 0.00000220. The maximum absolute atomic E-state index is 13.8. The zero-order chi connectivity index (χ0) is 15.1. The van der Waals surface area contributed by atoms with Gasteiger partial charge < -0.3 is 5.73 Å². The molecule has 120 valence electrons. The Bertz CT molecular complexity index is 737. The van der Waals surface area contributed by atoms with Crippen LogP contribution in [0.2, 0.25) is 0 Å².